The third kappa shape index (κ3) is 2.83. The SMILES string of the molecule is FC(F)(F)c1nnc(C(F)(F)F)c2c1/C=C\C/C=C\C2. The molecule has 8 heteroatoms. The van der Waals surface area contributed by atoms with E-state index in [2.05, 4.69) is 10.2 Å². The van der Waals surface area contributed by atoms with Gasteiger partial charge in [-0.3, -0.25) is 0 Å². The van der Waals surface area contributed by atoms with Gasteiger partial charge in [0.25, 0.3) is 0 Å². The maximum Gasteiger partial charge on any atom is 0.435 e. The molecule has 1 heterocycles. The molecule has 20 heavy (non-hydrogen) atoms. The van der Waals surface area contributed by atoms with Crippen LogP contribution in [-0.2, 0) is 18.8 Å². The van der Waals surface area contributed by atoms with Crippen molar-refractivity contribution in [1.82, 2.24) is 10.2 Å². The average molecular weight is 294 g/mol. The summed E-state index contributed by atoms with van der Waals surface area (Å²) in [6.45, 7) is 0. The minimum atomic E-state index is -4.85. The first kappa shape index (κ1) is 14.5. The number of aromatic nitrogens is 2. The Labute approximate surface area is 109 Å². The van der Waals surface area contributed by atoms with E-state index >= 15 is 0 Å². The molecule has 0 bridgehead atoms. The van der Waals surface area contributed by atoms with Crippen LogP contribution >= 0.6 is 0 Å². The Morgan fingerprint density at radius 1 is 0.800 bits per heavy atom. The molecule has 1 aromatic rings. The Morgan fingerprint density at radius 3 is 2.00 bits per heavy atom. The number of alkyl halides is 6. The summed E-state index contributed by atoms with van der Waals surface area (Å²) in [6, 6.07) is 0. The third-order valence-corrected chi connectivity index (χ3v) is 2.70. The number of rotatable bonds is 0. The highest BCUT2D eigenvalue weighted by Crippen LogP contribution is 2.38. The van der Waals surface area contributed by atoms with E-state index in [4.69, 9.17) is 0 Å². The number of hydrogen-bond donors (Lipinski definition) is 0. The van der Waals surface area contributed by atoms with Crippen LogP contribution in [0.3, 0.4) is 0 Å². The number of nitrogens with zero attached hydrogens (tertiary/aromatic N) is 2. The summed E-state index contributed by atoms with van der Waals surface area (Å²) in [5, 5.41) is 5.47. The van der Waals surface area contributed by atoms with E-state index in [-0.39, 0.29) is 6.42 Å². The molecule has 1 aromatic heterocycles. The summed E-state index contributed by atoms with van der Waals surface area (Å²) in [7, 11) is 0. The Bertz CT molecular complexity index is 569. The Kier molecular flexibility index (Phi) is 3.58. The number of halogens is 6. The van der Waals surface area contributed by atoms with Gasteiger partial charge < -0.3 is 0 Å². The fraction of sp³-hybridized carbons (Fsp3) is 0.333. The van der Waals surface area contributed by atoms with Gasteiger partial charge in [-0.2, -0.15) is 26.3 Å². The van der Waals surface area contributed by atoms with Gasteiger partial charge in [0, 0.05) is 5.56 Å². The van der Waals surface area contributed by atoms with Gasteiger partial charge in [-0.05, 0) is 18.4 Å². The lowest BCUT2D eigenvalue weighted by atomic mass is 9.98. The van der Waals surface area contributed by atoms with Crippen molar-refractivity contribution in [2.24, 2.45) is 0 Å². The molecular weight excluding hydrogens is 286 g/mol. The predicted molar refractivity (Wildman–Crippen MR) is 58.5 cm³/mol. The van der Waals surface area contributed by atoms with Crippen molar-refractivity contribution in [3.63, 3.8) is 0 Å². The summed E-state index contributed by atoms with van der Waals surface area (Å²) < 4.78 is 76.8. The van der Waals surface area contributed by atoms with Crippen molar-refractivity contribution >= 4 is 6.08 Å². The highest BCUT2D eigenvalue weighted by Gasteiger charge is 2.42. The van der Waals surface area contributed by atoms with E-state index < -0.39 is 34.9 Å². The molecule has 1 aliphatic carbocycles. The van der Waals surface area contributed by atoms with Crippen molar-refractivity contribution < 1.29 is 26.3 Å². The van der Waals surface area contributed by atoms with E-state index in [1.165, 1.54) is 12.2 Å². The van der Waals surface area contributed by atoms with Gasteiger partial charge >= 0.3 is 12.4 Å². The standard InChI is InChI=1S/C12H8F6N2/c13-11(14,15)9-7-5-3-1-2-4-6-8(7)10(20-19-9)12(16,17)18/h1,3-4,6H,2,5H2/b3-1-,6-4-. The predicted octanol–water partition coefficient (Wildman–Crippen LogP) is 4.03. The van der Waals surface area contributed by atoms with Crippen LogP contribution in [-0.4, -0.2) is 10.2 Å². The van der Waals surface area contributed by atoms with Crippen molar-refractivity contribution in [2.75, 3.05) is 0 Å². The minimum absolute atomic E-state index is 0.271. The molecule has 0 aromatic carbocycles. The fourth-order valence-electron chi connectivity index (χ4n) is 1.87. The van der Waals surface area contributed by atoms with Gasteiger partial charge in [-0.15, -0.1) is 10.2 Å². The van der Waals surface area contributed by atoms with Crippen molar-refractivity contribution in [1.29, 1.82) is 0 Å². The van der Waals surface area contributed by atoms with Gasteiger partial charge in [0.15, 0.2) is 11.4 Å². The molecule has 0 unspecified atom stereocenters. The second kappa shape index (κ2) is 4.92. The molecule has 0 fully saturated rings. The molecule has 2 nitrogen and oxygen atoms in total. The molecule has 0 atom stereocenters. The summed E-state index contributed by atoms with van der Waals surface area (Å²) in [6.07, 6.45) is -4.28. The number of hydrogen-bond acceptors (Lipinski definition) is 2. The normalized spacial score (nSPS) is 18.9. The summed E-state index contributed by atoms with van der Waals surface area (Å²) in [5.74, 6) is 0. The van der Waals surface area contributed by atoms with Crippen molar-refractivity contribution in [3.05, 3.63) is 40.7 Å². The van der Waals surface area contributed by atoms with Crippen LogP contribution < -0.4 is 0 Å². The van der Waals surface area contributed by atoms with Gasteiger partial charge in [0.05, 0.1) is 0 Å². The van der Waals surface area contributed by atoms with E-state index in [1.807, 2.05) is 0 Å². The zero-order valence-corrected chi connectivity index (χ0v) is 9.89. The first-order valence-electron chi connectivity index (χ1n) is 5.56. The summed E-state index contributed by atoms with van der Waals surface area (Å²) in [5.41, 5.74) is -3.85. The molecule has 0 aliphatic heterocycles. The molecule has 2 rings (SSSR count). The number of fused-ring (bicyclic) bond motifs is 1. The van der Waals surface area contributed by atoms with E-state index in [1.54, 1.807) is 6.08 Å². The molecule has 0 radical (unpaired) electrons. The molecule has 0 saturated carbocycles. The van der Waals surface area contributed by atoms with E-state index in [0.717, 1.165) is 6.08 Å². The average Bonchev–Trinajstić information content (AvgIpc) is 2.25. The second-order valence-electron chi connectivity index (χ2n) is 4.10. The van der Waals surface area contributed by atoms with Crippen molar-refractivity contribution in [3.8, 4) is 0 Å². The van der Waals surface area contributed by atoms with Gasteiger partial charge in [0.1, 0.15) is 0 Å². The highest BCUT2D eigenvalue weighted by atomic mass is 19.4. The van der Waals surface area contributed by atoms with E-state index in [9.17, 15) is 26.3 Å². The van der Waals surface area contributed by atoms with Gasteiger partial charge in [-0.1, -0.05) is 24.3 Å². The minimum Gasteiger partial charge on any atom is -0.164 e. The van der Waals surface area contributed by atoms with Crippen molar-refractivity contribution in [2.45, 2.75) is 25.2 Å². The van der Waals surface area contributed by atoms with Crippen LogP contribution in [0, 0.1) is 0 Å². The molecular formula is C12H8F6N2. The topological polar surface area (TPSA) is 25.8 Å². The van der Waals surface area contributed by atoms with Crippen LogP contribution in [0.4, 0.5) is 26.3 Å². The van der Waals surface area contributed by atoms with Crippen LogP contribution in [0.1, 0.15) is 28.9 Å². The third-order valence-electron chi connectivity index (χ3n) is 2.70. The Hall–Kier alpha value is -1.86. The molecule has 0 amide bonds. The monoisotopic (exact) mass is 294 g/mol. The van der Waals surface area contributed by atoms with Crippen LogP contribution in [0.5, 0.6) is 0 Å². The van der Waals surface area contributed by atoms with Crippen LogP contribution in [0.25, 0.3) is 6.08 Å². The van der Waals surface area contributed by atoms with Crippen LogP contribution in [0.2, 0.25) is 0 Å². The molecule has 0 saturated heterocycles. The smallest absolute Gasteiger partial charge is 0.164 e. The lowest BCUT2D eigenvalue weighted by Gasteiger charge is -2.17. The van der Waals surface area contributed by atoms with Gasteiger partial charge in [0.2, 0.25) is 0 Å². The second-order valence-corrected chi connectivity index (χ2v) is 4.10. The zero-order valence-electron chi connectivity index (χ0n) is 9.89. The Morgan fingerprint density at radius 2 is 1.40 bits per heavy atom. The molecule has 0 spiro atoms. The summed E-state index contributed by atoms with van der Waals surface area (Å²) >= 11 is 0. The fourth-order valence-corrected chi connectivity index (χ4v) is 1.87. The molecule has 1 aliphatic rings. The zero-order chi connectivity index (χ0) is 15.0. The van der Waals surface area contributed by atoms with Crippen LogP contribution in [0.15, 0.2) is 18.2 Å². The molecule has 0 N–H and O–H groups in total. The highest BCUT2D eigenvalue weighted by molar-refractivity contribution is 5.59. The Balaban J connectivity index is 2.74. The maximum absolute atomic E-state index is 12.8. The van der Waals surface area contributed by atoms with E-state index in [0.29, 0.717) is 6.42 Å². The summed E-state index contributed by atoms with van der Waals surface area (Å²) in [4.78, 5) is 0. The number of allylic oxidation sites excluding steroid dienone is 3. The maximum atomic E-state index is 12.8. The van der Waals surface area contributed by atoms with Gasteiger partial charge in [-0.25, -0.2) is 0 Å². The lowest BCUT2D eigenvalue weighted by Crippen LogP contribution is -2.20. The largest absolute Gasteiger partial charge is 0.435 e. The molecule has 108 valence electrons. The first-order chi connectivity index (χ1) is 9.21. The quantitative estimate of drug-likeness (QED) is 0.533. The first-order valence-corrected chi connectivity index (χ1v) is 5.56. The lowest BCUT2D eigenvalue weighted by molar-refractivity contribution is -0.148.